The number of aromatic nitrogens is 3. The Kier molecular flexibility index (Phi) is 4.12. The first kappa shape index (κ1) is 14.2. The van der Waals surface area contributed by atoms with Gasteiger partial charge in [-0.2, -0.15) is 0 Å². The zero-order chi connectivity index (χ0) is 14.7. The van der Waals surface area contributed by atoms with E-state index in [2.05, 4.69) is 10.2 Å². The maximum absolute atomic E-state index is 13.9. The molecule has 2 rings (SSSR count). The fourth-order valence-electron chi connectivity index (χ4n) is 2.12. The van der Waals surface area contributed by atoms with Crippen LogP contribution in [0.3, 0.4) is 0 Å². The van der Waals surface area contributed by atoms with Gasteiger partial charge in [-0.25, -0.2) is 9.18 Å². The van der Waals surface area contributed by atoms with Gasteiger partial charge in [0.05, 0.1) is 12.6 Å². The molecule has 0 radical (unpaired) electrons. The molecular formula is C14H16FN3O2. The van der Waals surface area contributed by atoms with E-state index in [4.69, 9.17) is 4.74 Å². The van der Waals surface area contributed by atoms with Gasteiger partial charge < -0.3 is 4.74 Å². The van der Waals surface area contributed by atoms with Gasteiger partial charge >= 0.3 is 5.97 Å². The lowest BCUT2D eigenvalue weighted by molar-refractivity contribution is 0.0504. The van der Waals surface area contributed by atoms with Gasteiger partial charge in [0.1, 0.15) is 11.6 Å². The molecule has 6 heteroatoms. The highest BCUT2D eigenvalue weighted by molar-refractivity contribution is 5.85. The molecule has 1 aromatic heterocycles. The molecular weight excluding hydrogens is 261 g/mol. The van der Waals surface area contributed by atoms with Crippen LogP contribution in [-0.2, 0) is 4.74 Å². The van der Waals surface area contributed by atoms with E-state index in [0.29, 0.717) is 11.4 Å². The number of carbonyl (C=O) groups excluding carboxylic acids is 1. The second-order valence-electron chi connectivity index (χ2n) is 4.36. The summed E-state index contributed by atoms with van der Waals surface area (Å²) in [6.07, 6.45) is 0. The van der Waals surface area contributed by atoms with Crippen LogP contribution >= 0.6 is 0 Å². The van der Waals surface area contributed by atoms with Crippen molar-refractivity contribution in [2.75, 3.05) is 6.61 Å². The predicted octanol–water partition coefficient (Wildman–Crippen LogP) is 2.51. The number of ether oxygens (including phenoxy) is 1. The highest BCUT2D eigenvalue weighted by atomic mass is 19.1. The van der Waals surface area contributed by atoms with Crippen molar-refractivity contribution in [1.82, 2.24) is 14.8 Å². The third-order valence-corrected chi connectivity index (χ3v) is 3.07. The lowest BCUT2D eigenvalue weighted by Gasteiger charge is -2.17. The molecule has 0 aliphatic carbocycles. The minimum atomic E-state index is -0.559. The molecule has 1 atom stereocenters. The average molecular weight is 277 g/mol. The van der Waals surface area contributed by atoms with Crippen LogP contribution in [0, 0.1) is 12.7 Å². The summed E-state index contributed by atoms with van der Waals surface area (Å²) in [7, 11) is 0. The molecule has 0 fully saturated rings. The number of nitrogens with zero attached hydrogens (tertiary/aromatic N) is 3. The SMILES string of the molecule is CCOC(=O)c1nnc(C)n1C(C)c1ccccc1F. The monoisotopic (exact) mass is 277 g/mol. The summed E-state index contributed by atoms with van der Waals surface area (Å²) >= 11 is 0. The van der Waals surface area contributed by atoms with Crippen LogP contribution in [0.2, 0.25) is 0 Å². The topological polar surface area (TPSA) is 57.0 Å². The van der Waals surface area contributed by atoms with Gasteiger partial charge in [0.25, 0.3) is 0 Å². The van der Waals surface area contributed by atoms with Crippen molar-refractivity contribution in [2.45, 2.75) is 26.8 Å². The number of benzene rings is 1. The first-order valence-electron chi connectivity index (χ1n) is 6.39. The number of esters is 1. The van der Waals surface area contributed by atoms with Crippen molar-refractivity contribution in [3.63, 3.8) is 0 Å². The maximum atomic E-state index is 13.9. The van der Waals surface area contributed by atoms with Crippen LogP contribution in [0.15, 0.2) is 24.3 Å². The molecule has 106 valence electrons. The van der Waals surface area contributed by atoms with Gasteiger partial charge in [0.15, 0.2) is 0 Å². The summed E-state index contributed by atoms with van der Waals surface area (Å²) in [6.45, 7) is 5.47. The molecule has 1 heterocycles. The van der Waals surface area contributed by atoms with E-state index in [0.717, 1.165) is 0 Å². The molecule has 0 N–H and O–H groups in total. The fourth-order valence-corrected chi connectivity index (χ4v) is 2.12. The van der Waals surface area contributed by atoms with E-state index < -0.39 is 12.0 Å². The van der Waals surface area contributed by atoms with Crippen molar-refractivity contribution >= 4 is 5.97 Å². The Hall–Kier alpha value is -2.24. The van der Waals surface area contributed by atoms with Crippen LogP contribution in [0.25, 0.3) is 0 Å². The van der Waals surface area contributed by atoms with Gasteiger partial charge in [0, 0.05) is 5.56 Å². The smallest absolute Gasteiger partial charge is 0.376 e. The fraction of sp³-hybridized carbons (Fsp3) is 0.357. The van der Waals surface area contributed by atoms with Gasteiger partial charge in [0.2, 0.25) is 5.82 Å². The number of hydrogen-bond donors (Lipinski definition) is 0. The van der Waals surface area contributed by atoms with Crippen molar-refractivity contribution in [3.8, 4) is 0 Å². The number of rotatable bonds is 4. The largest absolute Gasteiger partial charge is 0.460 e. The maximum Gasteiger partial charge on any atom is 0.376 e. The van der Waals surface area contributed by atoms with E-state index >= 15 is 0 Å². The summed E-state index contributed by atoms with van der Waals surface area (Å²) < 4.78 is 20.4. The highest BCUT2D eigenvalue weighted by Gasteiger charge is 2.23. The van der Waals surface area contributed by atoms with Gasteiger partial charge in [-0.05, 0) is 26.8 Å². The second-order valence-corrected chi connectivity index (χ2v) is 4.36. The first-order chi connectivity index (χ1) is 9.56. The number of carbonyl (C=O) groups is 1. The molecule has 0 aliphatic rings. The normalized spacial score (nSPS) is 12.2. The van der Waals surface area contributed by atoms with Crippen LogP contribution < -0.4 is 0 Å². The van der Waals surface area contributed by atoms with E-state index in [-0.39, 0.29) is 18.2 Å². The van der Waals surface area contributed by atoms with Crippen molar-refractivity contribution < 1.29 is 13.9 Å². The molecule has 5 nitrogen and oxygen atoms in total. The van der Waals surface area contributed by atoms with Crippen LogP contribution in [0.4, 0.5) is 4.39 Å². The highest BCUT2D eigenvalue weighted by Crippen LogP contribution is 2.23. The van der Waals surface area contributed by atoms with Gasteiger partial charge in [-0.15, -0.1) is 10.2 Å². The zero-order valence-corrected chi connectivity index (χ0v) is 11.6. The van der Waals surface area contributed by atoms with Crippen LogP contribution in [0.5, 0.6) is 0 Å². The average Bonchev–Trinajstić information content (AvgIpc) is 2.81. The van der Waals surface area contributed by atoms with Gasteiger partial charge in [-0.1, -0.05) is 18.2 Å². The number of aryl methyl sites for hydroxylation is 1. The van der Waals surface area contributed by atoms with E-state index in [9.17, 15) is 9.18 Å². The van der Waals surface area contributed by atoms with Gasteiger partial charge in [-0.3, -0.25) is 4.57 Å². The Bertz CT molecular complexity index is 625. The Morgan fingerprint density at radius 2 is 2.10 bits per heavy atom. The summed E-state index contributed by atoms with van der Waals surface area (Å²) in [6, 6.07) is 6.03. The minimum Gasteiger partial charge on any atom is -0.460 e. The third kappa shape index (κ3) is 2.54. The Balaban J connectivity index is 2.45. The van der Waals surface area contributed by atoms with E-state index in [1.807, 2.05) is 0 Å². The third-order valence-electron chi connectivity index (χ3n) is 3.07. The quantitative estimate of drug-likeness (QED) is 0.806. The summed E-state index contributed by atoms with van der Waals surface area (Å²) in [5, 5.41) is 7.71. The number of hydrogen-bond acceptors (Lipinski definition) is 4. The molecule has 0 saturated heterocycles. The molecule has 0 saturated carbocycles. The molecule has 0 aliphatic heterocycles. The Labute approximate surface area is 116 Å². The molecule has 0 amide bonds. The second kappa shape index (κ2) is 5.81. The zero-order valence-electron chi connectivity index (χ0n) is 11.6. The summed E-state index contributed by atoms with van der Waals surface area (Å²) in [5.41, 5.74) is 0.473. The Morgan fingerprint density at radius 3 is 2.75 bits per heavy atom. The molecule has 1 aromatic carbocycles. The Morgan fingerprint density at radius 1 is 1.40 bits per heavy atom. The molecule has 20 heavy (non-hydrogen) atoms. The first-order valence-corrected chi connectivity index (χ1v) is 6.39. The van der Waals surface area contributed by atoms with Crippen molar-refractivity contribution in [3.05, 3.63) is 47.3 Å². The van der Waals surface area contributed by atoms with Crippen LogP contribution in [-0.4, -0.2) is 27.3 Å². The number of halogens is 1. The molecule has 0 bridgehead atoms. The van der Waals surface area contributed by atoms with E-state index in [1.54, 1.807) is 43.5 Å². The molecule has 0 spiro atoms. The van der Waals surface area contributed by atoms with E-state index in [1.165, 1.54) is 6.07 Å². The summed E-state index contributed by atoms with van der Waals surface area (Å²) in [5.74, 6) is -0.275. The molecule has 1 unspecified atom stereocenters. The van der Waals surface area contributed by atoms with Crippen LogP contribution in [0.1, 0.15) is 41.9 Å². The van der Waals surface area contributed by atoms with Crippen molar-refractivity contribution in [2.24, 2.45) is 0 Å². The summed E-state index contributed by atoms with van der Waals surface area (Å²) in [4.78, 5) is 11.9. The molecule has 2 aromatic rings. The standard InChI is InChI=1S/C14H16FN3O2/c1-4-20-14(19)13-17-16-10(3)18(13)9(2)11-7-5-6-8-12(11)15/h5-9H,4H2,1-3H3. The lowest BCUT2D eigenvalue weighted by Crippen LogP contribution is -2.18. The van der Waals surface area contributed by atoms with Crippen molar-refractivity contribution in [1.29, 1.82) is 0 Å². The predicted molar refractivity (Wildman–Crippen MR) is 70.9 cm³/mol. The lowest BCUT2D eigenvalue weighted by atomic mass is 10.1. The minimum absolute atomic E-state index is 0.0834.